The lowest BCUT2D eigenvalue weighted by molar-refractivity contribution is -0.148. The maximum atomic E-state index is 12.0. The molecule has 0 N–H and O–H groups in total. The zero-order valence-electron chi connectivity index (χ0n) is 12.4. The second-order valence-corrected chi connectivity index (χ2v) is 5.63. The second-order valence-electron chi connectivity index (χ2n) is 5.63. The number of nitrogens with zero attached hydrogens (tertiary/aromatic N) is 4. The third kappa shape index (κ3) is 1.65. The summed E-state index contributed by atoms with van der Waals surface area (Å²) in [5.41, 5.74) is -1.95. The van der Waals surface area contributed by atoms with E-state index in [1.54, 1.807) is 13.8 Å². The molecule has 0 saturated carbocycles. The summed E-state index contributed by atoms with van der Waals surface area (Å²) in [6.45, 7) is 3.60. The molecule has 0 aromatic heterocycles. The van der Waals surface area contributed by atoms with E-state index in [9.17, 15) is 25.8 Å². The van der Waals surface area contributed by atoms with Gasteiger partial charge in [-0.25, -0.2) is 0 Å². The van der Waals surface area contributed by atoms with Gasteiger partial charge in [-0.3, -0.25) is 4.79 Å². The normalized spacial score (nSPS) is 27.0. The summed E-state index contributed by atoms with van der Waals surface area (Å²) in [5.74, 6) is -1.51. The van der Waals surface area contributed by atoms with Crippen LogP contribution in [0.3, 0.4) is 0 Å². The highest BCUT2D eigenvalue weighted by Gasteiger charge is 2.64. The van der Waals surface area contributed by atoms with Gasteiger partial charge in [0.2, 0.25) is 0 Å². The van der Waals surface area contributed by atoms with E-state index < -0.39 is 22.7 Å². The smallest absolute Gasteiger partial charge is 0.313 e. The van der Waals surface area contributed by atoms with Crippen molar-refractivity contribution in [1.29, 1.82) is 21.0 Å². The highest BCUT2D eigenvalue weighted by Crippen LogP contribution is 2.61. The molecule has 2 rings (SSSR count). The fourth-order valence-corrected chi connectivity index (χ4v) is 3.58. The number of carbonyl (C=O) groups is 1. The van der Waals surface area contributed by atoms with Crippen molar-refractivity contribution in [3.05, 3.63) is 11.1 Å². The number of hydrogen-bond donors (Lipinski definition) is 0. The minimum Gasteiger partial charge on any atom is -0.466 e. The lowest BCUT2D eigenvalue weighted by Crippen LogP contribution is -2.52. The third-order valence-corrected chi connectivity index (χ3v) is 4.81. The zero-order chi connectivity index (χ0) is 16.5. The van der Waals surface area contributed by atoms with Crippen LogP contribution >= 0.6 is 0 Å². The van der Waals surface area contributed by atoms with E-state index in [0.717, 1.165) is 5.57 Å². The van der Waals surface area contributed by atoms with Gasteiger partial charge in [0, 0.05) is 12.3 Å². The van der Waals surface area contributed by atoms with Crippen LogP contribution in [0, 0.1) is 68.0 Å². The van der Waals surface area contributed by atoms with Crippen LogP contribution in [-0.2, 0) is 9.53 Å². The van der Waals surface area contributed by atoms with Crippen molar-refractivity contribution in [2.24, 2.45) is 22.7 Å². The lowest BCUT2D eigenvalue weighted by Gasteiger charge is -2.49. The molecule has 0 bridgehead atoms. The number of allylic oxidation sites excluding steroid dienone is 1. The molecule has 0 saturated heterocycles. The number of ether oxygens (including phenoxy) is 1. The van der Waals surface area contributed by atoms with E-state index in [1.807, 2.05) is 24.3 Å². The molecule has 0 aromatic rings. The van der Waals surface area contributed by atoms with Gasteiger partial charge in [0.15, 0.2) is 10.8 Å². The summed E-state index contributed by atoms with van der Waals surface area (Å²) in [7, 11) is 0. The van der Waals surface area contributed by atoms with Crippen molar-refractivity contribution < 1.29 is 9.53 Å². The molecule has 6 nitrogen and oxygen atoms in total. The standard InChI is InChI=1S/C16H14N4O2/c1-3-22-14(21)12-4-11-5-15(6-17,7-18)16(8-19,9-20)10(2)13(11)12/h10,12H,3-5H2,1-2H3/t10-,12?/m0/s1. The molecule has 2 aliphatic carbocycles. The first-order valence-electron chi connectivity index (χ1n) is 7.00. The Morgan fingerprint density at radius 1 is 1.23 bits per heavy atom. The number of esters is 1. The Labute approximate surface area is 128 Å². The molecule has 1 unspecified atom stereocenters. The summed E-state index contributed by atoms with van der Waals surface area (Å²) in [4.78, 5) is 12.0. The molecule has 0 aromatic carbocycles. The maximum Gasteiger partial charge on any atom is 0.313 e. The van der Waals surface area contributed by atoms with E-state index in [-0.39, 0.29) is 19.0 Å². The molecule has 6 heteroatoms. The summed E-state index contributed by atoms with van der Waals surface area (Å²) in [6, 6.07) is 7.56. The Morgan fingerprint density at radius 2 is 1.82 bits per heavy atom. The Kier molecular flexibility index (Phi) is 3.66. The molecular formula is C16H14N4O2. The van der Waals surface area contributed by atoms with Gasteiger partial charge in [-0.05, 0) is 13.3 Å². The number of nitriles is 4. The Bertz CT molecular complexity index is 695. The predicted molar refractivity (Wildman–Crippen MR) is 72.9 cm³/mol. The van der Waals surface area contributed by atoms with Gasteiger partial charge in [0.1, 0.15) is 0 Å². The van der Waals surface area contributed by atoms with E-state index >= 15 is 0 Å². The number of rotatable bonds is 2. The third-order valence-electron chi connectivity index (χ3n) is 4.81. The molecular weight excluding hydrogens is 280 g/mol. The molecule has 22 heavy (non-hydrogen) atoms. The van der Waals surface area contributed by atoms with Crippen molar-refractivity contribution in [1.82, 2.24) is 0 Å². The molecule has 2 aliphatic rings. The Hall–Kier alpha value is -2.83. The molecule has 2 atom stereocenters. The predicted octanol–water partition coefficient (Wildman–Crippen LogP) is 1.97. The summed E-state index contributed by atoms with van der Waals surface area (Å²) in [5, 5.41) is 38.0. The van der Waals surface area contributed by atoms with Crippen molar-refractivity contribution >= 4 is 5.97 Å². The van der Waals surface area contributed by atoms with Crippen LogP contribution in [0.2, 0.25) is 0 Å². The Morgan fingerprint density at radius 3 is 2.27 bits per heavy atom. The van der Waals surface area contributed by atoms with Crippen molar-refractivity contribution in [3.63, 3.8) is 0 Å². The fourth-order valence-electron chi connectivity index (χ4n) is 3.58. The fraction of sp³-hybridized carbons (Fsp3) is 0.562. The molecule has 0 aliphatic heterocycles. The van der Waals surface area contributed by atoms with E-state index in [0.29, 0.717) is 12.0 Å². The minimum atomic E-state index is -1.78. The van der Waals surface area contributed by atoms with Crippen LogP contribution in [0.1, 0.15) is 26.7 Å². The van der Waals surface area contributed by atoms with E-state index in [2.05, 4.69) is 0 Å². The van der Waals surface area contributed by atoms with Gasteiger partial charge in [-0.1, -0.05) is 18.1 Å². The molecule has 0 amide bonds. The van der Waals surface area contributed by atoms with Gasteiger partial charge in [-0.2, -0.15) is 21.0 Å². The summed E-state index contributed by atoms with van der Waals surface area (Å²) in [6.07, 6.45) is 0.466. The topological polar surface area (TPSA) is 121 Å². The largest absolute Gasteiger partial charge is 0.466 e. The van der Waals surface area contributed by atoms with Crippen LogP contribution in [0.25, 0.3) is 0 Å². The molecule has 110 valence electrons. The Balaban J connectivity index is 2.55. The first-order valence-corrected chi connectivity index (χ1v) is 7.00. The summed E-state index contributed by atoms with van der Waals surface area (Å²) < 4.78 is 5.01. The minimum absolute atomic E-state index is 0.0384. The average molecular weight is 294 g/mol. The highest BCUT2D eigenvalue weighted by molar-refractivity contribution is 5.80. The van der Waals surface area contributed by atoms with Crippen LogP contribution in [-0.4, -0.2) is 12.6 Å². The van der Waals surface area contributed by atoms with Gasteiger partial charge >= 0.3 is 5.97 Å². The van der Waals surface area contributed by atoms with Crippen LogP contribution < -0.4 is 0 Å². The highest BCUT2D eigenvalue weighted by atomic mass is 16.5. The van der Waals surface area contributed by atoms with Gasteiger partial charge in [0.05, 0.1) is 36.8 Å². The molecule has 0 radical (unpaired) electrons. The summed E-state index contributed by atoms with van der Waals surface area (Å²) >= 11 is 0. The second kappa shape index (κ2) is 5.18. The molecule has 0 fully saturated rings. The van der Waals surface area contributed by atoms with Crippen molar-refractivity contribution in [2.45, 2.75) is 26.7 Å². The van der Waals surface area contributed by atoms with Crippen LogP contribution in [0.15, 0.2) is 11.1 Å². The van der Waals surface area contributed by atoms with Gasteiger partial charge in [0.25, 0.3) is 0 Å². The van der Waals surface area contributed by atoms with Crippen LogP contribution in [0.4, 0.5) is 0 Å². The molecule has 0 heterocycles. The van der Waals surface area contributed by atoms with E-state index in [1.165, 1.54) is 0 Å². The average Bonchev–Trinajstić information content (AvgIpc) is 2.49. The zero-order valence-corrected chi connectivity index (χ0v) is 12.4. The lowest BCUT2D eigenvalue weighted by atomic mass is 9.47. The first-order chi connectivity index (χ1) is 10.5. The number of carbonyl (C=O) groups excluding carboxylic acids is 1. The first kappa shape index (κ1) is 15.6. The SMILES string of the molecule is CCOC(=O)C1CC2=C1[C@H](C)C(C#N)(C#N)C(C#N)(C#N)C2. The quantitative estimate of drug-likeness (QED) is 0.566. The van der Waals surface area contributed by atoms with E-state index in [4.69, 9.17) is 4.74 Å². The van der Waals surface area contributed by atoms with Gasteiger partial charge in [-0.15, -0.1) is 0 Å². The maximum absolute atomic E-state index is 12.0. The van der Waals surface area contributed by atoms with Crippen molar-refractivity contribution in [2.75, 3.05) is 6.61 Å². The number of hydrogen-bond acceptors (Lipinski definition) is 6. The van der Waals surface area contributed by atoms with Crippen LogP contribution in [0.5, 0.6) is 0 Å². The van der Waals surface area contributed by atoms with Crippen molar-refractivity contribution in [3.8, 4) is 24.3 Å². The monoisotopic (exact) mass is 294 g/mol. The van der Waals surface area contributed by atoms with Gasteiger partial charge < -0.3 is 4.74 Å². The molecule has 0 spiro atoms.